The molecule has 3 rings (SSSR count). The predicted octanol–water partition coefficient (Wildman–Crippen LogP) is 3.32. The number of nitrogens with zero attached hydrogens (tertiary/aromatic N) is 4. The summed E-state index contributed by atoms with van der Waals surface area (Å²) in [7, 11) is 0. The molecule has 1 saturated carbocycles. The van der Waals surface area contributed by atoms with E-state index in [0.29, 0.717) is 12.1 Å². The fourth-order valence-electron chi connectivity index (χ4n) is 3.82. The average molecular weight is 377 g/mol. The number of rotatable bonds is 8. The summed E-state index contributed by atoms with van der Waals surface area (Å²) >= 11 is 1.71. The molecule has 0 bridgehead atoms. The highest BCUT2D eigenvalue weighted by Crippen LogP contribution is 2.33. The Bertz CT molecular complexity index is 610. The third-order valence-corrected chi connectivity index (χ3v) is 5.77. The molecule has 144 valence electrons. The van der Waals surface area contributed by atoms with E-state index in [4.69, 9.17) is 4.99 Å². The highest BCUT2D eigenvalue weighted by molar-refractivity contribution is 7.98. The highest BCUT2D eigenvalue weighted by atomic mass is 32.2. The van der Waals surface area contributed by atoms with Crippen LogP contribution in [-0.4, -0.2) is 46.1 Å². The smallest absolute Gasteiger partial charge is 0.191 e. The summed E-state index contributed by atoms with van der Waals surface area (Å²) in [6, 6.07) is 1.09. The molecule has 2 N–H and O–H groups in total. The van der Waals surface area contributed by atoms with Gasteiger partial charge in [-0.25, -0.2) is 0 Å². The van der Waals surface area contributed by atoms with Crippen LogP contribution in [0, 0.1) is 0 Å². The lowest BCUT2D eigenvalue weighted by molar-refractivity contribution is 0.461. The second-order valence-electron chi connectivity index (χ2n) is 7.06. The van der Waals surface area contributed by atoms with Crippen molar-refractivity contribution in [3.05, 3.63) is 18.0 Å². The summed E-state index contributed by atoms with van der Waals surface area (Å²) < 4.78 is 2.40. The lowest BCUT2D eigenvalue weighted by Crippen LogP contribution is -2.42. The first kappa shape index (κ1) is 19.3. The molecule has 0 unspecified atom stereocenters. The van der Waals surface area contributed by atoms with E-state index in [-0.39, 0.29) is 0 Å². The Hall–Kier alpha value is -1.50. The zero-order chi connectivity index (χ0) is 18.2. The molecule has 6 nitrogen and oxygen atoms in total. The van der Waals surface area contributed by atoms with Crippen molar-refractivity contribution < 1.29 is 0 Å². The first-order valence-electron chi connectivity index (χ1n) is 9.99. The molecule has 1 fully saturated rings. The Morgan fingerprint density at radius 1 is 1.27 bits per heavy atom. The SMILES string of the molecule is CCNC(=NCCCc1nnc(SC)n1C1CCCC1)NC1CC=CC1. The molecule has 2 aliphatic rings. The molecule has 0 spiro atoms. The minimum absolute atomic E-state index is 0.488. The molecule has 1 aromatic rings. The van der Waals surface area contributed by atoms with E-state index < -0.39 is 0 Å². The maximum Gasteiger partial charge on any atom is 0.191 e. The number of thioether (sulfide) groups is 1. The van der Waals surface area contributed by atoms with Crippen molar-refractivity contribution in [3.8, 4) is 0 Å². The molecule has 7 heteroatoms. The average Bonchev–Trinajstić information content (AvgIpc) is 3.39. The van der Waals surface area contributed by atoms with Gasteiger partial charge >= 0.3 is 0 Å². The molecular weight excluding hydrogens is 344 g/mol. The fraction of sp³-hybridized carbons (Fsp3) is 0.737. The van der Waals surface area contributed by atoms with E-state index in [1.165, 1.54) is 25.7 Å². The Labute approximate surface area is 161 Å². The Morgan fingerprint density at radius 2 is 2.04 bits per heavy atom. The van der Waals surface area contributed by atoms with Gasteiger partial charge < -0.3 is 15.2 Å². The number of aryl methyl sites for hydroxylation is 1. The van der Waals surface area contributed by atoms with Crippen molar-refractivity contribution >= 4 is 17.7 Å². The van der Waals surface area contributed by atoms with Crippen molar-refractivity contribution in [2.45, 2.75) is 75.5 Å². The van der Waals surface area contributed by atoms with Gasteiger partial charge in [-0.3, -0.25) is 4.99 Å². The molecule has 0 aliphatic heterocycles. The normalized spacial score (nSPS) is 18.8. The Kier molecular flexibility index (Phi) is 7.41. The van der Waals surface area contributed by atoms with Gasteiger partial charge in [-0.05, 0) is 45.3 Å². The minimum Gasteiger partial charge on any atom is -0.357 e. The summed E-state index contributed by atoms with van der Waals surface area (Å²) in [5.74, 6) is 2.07. The lowest BCUT2D eigenvalue weighted by Gasteiger charge is -2.17. The van der Waals surface area contributed by atoms with E-state index in [1.54, 1.807) is 11.8 Å². The summed E-state index contributed by atoms with van der Waals surface area (Å²) in [5, 5.41) is 16.8. The largest absolute Gasteiger partial charge is 0.357 e. The monoisotopic (exact) mass is 376 g/mol. The zero-order valence-corrected chi connectivity index (χ0v) is 16.9. The quantitative estimate of drug-likeness (QED) is 0.239. The molecule has 0 saturated heterocycles. The molecule has 0 aromatic carbocycles. The Morgan fingerprint density at radius 3 is 2.73 bits per heavy atom. The first-order valence-corrected chi connectivity index (χ1v) is 11.2. The molecule has 0 radical (unpaired) electrons. The van der Waals surface area contributed by atoms with E-state index in [0.717, 1.165) is 55.7 Å². The third-order valence-electron chi connectivity index (χ3n) is 5.13. The van der Waals surface area contributed by atoms with Crippen molar-refractivity contribution in [3.63, 3.8) is 0 Å². The second-order valence-corrected chi connectivity index (χ2v) is 7.83. The maximum absolute atomic E-state index is 4.75. The Balaban J connectivity index is 1.54. The molecule has 26 heavy (non-hydrogen) atoms. The lowest BCUT2D eigenvalue weighted by atomic mass is 10.2. The number of hydrogen-bond acceptors (Lipinski definition) is 4. The third kappa shape index (κ3) is 5.02. The van der Waals surface area contributed by atoms with E-state index >= 15 is 0 Å². The van der Waals surface area contributed by atoms with Crippen LogP contribution in [0.5, 0.6) is 0 Å². The van der Waals surface area contributed by atoms with Crippen LogP contribution in [0.15, 0.2) is 22.3 Å². The van der Waals surface area contributed by atoms with Gasteiger partial charge in [0.2, 0.25) is 0 Å². The van der Waals surface area contributed by atoms with Crippen molar-refractivity contribution in [1.29, 1.82) is 0 Å². The van der Waals surface area contributed by atoms with Crippen LogP contribution in [0.4, 0.5) is 0 Å². The van der Waals surface area contributed by atoms with Gasteiger partial charge in [-0.1, -0.05) is 36.8 Å². The highest BCUT2D eigenvalue weighted by Gasteiger charge is 2.23. The summed E-state index contributed by atoms with van der Waals surface area (Å²) in [6.07, 6.45) is 15.9. The number of aromatic nitrogens is 3. The number of nitrogens with one attached hydrogen (secondary N) is 2. The topological polar surface area (TPSA) is 67.1 Å². The first-order chi connectivity index (χ1) is 12.8. The van der Waals surface area contributed by atoms with E-state index in [9.17, 15) is 0 Å². The van der Waals surface area contributed by atoms with Crippen LogP contribution in [0.25, 0.3) is 0 Å². The van der Waals surface area contributed by atoms with Gasteiger partial charge in [-0.2, -0.15) is 0 Å². The maximum atomic E-state index is 4.75. The standard InChI is InChI=1S/C19H32N6S/c1-3-20-18(22-15-9-4-5-10-15)21-14-8-13-17-23-24-19(26-2)25(17)16-11-6-7-12-16/h4-5,15-16H,3,6-14H2,1-2H3,(H2,20,21,22). The fourth-order valence-corrected chi connectivity index (χ4v) is 4.40. The van der Waals surface area contributed by atoms with Gasteiger partial charge in [0, 0.05) is 31.6 Å². The number of hydrogen-bond donors (Lipinski definition) is 2. The van der Waals surface area contributed by atoms with Gasteiger partial charge in [0.15, 0.2) is 11.1 Å². The summed E-state index contributed by atoms with van der Waals surface area (Å²) in [4.78, 5) is 4.75. The van der Waals surface area contributed by atoms with Crippen LogP contribution in [0.3, 0.4) is 0 Å². The number of guanidine groups is 1. The van der Waals surface area contributed by atoms with Crippen molar-refractivity contribution in [2.75, 3.05) is 19.3 Å². The zero-order valence-electron chi connectivity index (χ0n) is 16.1. The van der Waals surface area contributed by atoms with Crippen molar-refractivity contribution in [1.82, 2.24) is 25.4 Å². The van der Waals surface area contributed by atoms with Gasteiger partial charge in [0.05, 0.1) is 0 Å². The molecule has 0 atom stereocenters. The van der Waals surface area contributed by atoms with E-state index in [2.05, 4.69) is 50.7 Å². The van der Waals surface area contributed by atoms with Crippen LogP contribution < -0.4 is 10.6 Å². The predicted molar refractivity (Wildman–Crippen MR) is 109 cm³/mol. The summed E-state index contributed by atoms with van der Waals surface area (Å²) in [6.45, 7) is 3.80. The van der Waals surface area contributed by atoms with Crippen molar-refractivity contribution in [2.24, 2.45) is 4.99 Å². The van der Waals surface area contributed by atoms with E-state index in [1.807, 2.05) is 0 Å². The molecule has 1 heterocycles. The van der Waals surface area contributed by atoms with Crippen LogP contribution in [-0.2, 0) is 6.42 Å². The van der Waals surface area contributed by atoms with Gasteiger partial charge in [0.25, 0.3) is 0 Å². The van der Waals surface area contributed by atoms with Crippen LogP contribution in [0.1, 0.15) is 63.7 Å². The molecule has 1 aromatic heterocycles. The minimum atomic E-state index is 0.488. The van der Waals surface area contributed by atoms with Gasteiger partial charge in [-0.15, -0.1) is 10.2 Å². The summed E-state index contributed by atoms with van der Waals surface area (Å²) in [5.41, 5.74) is 0. The number of aliphatic imine (C=N–C) groups is 1. The van der Waals surface area contributed by atoms with Crippen LogP contribution in [0.2, 0.25) is 0 Å². The second kappa shape index (κ2) is 10.00. The molecule has 0 amide bonds. The van der Waals surface area contributed by atoms with Crippen LogP contribution >= 0.6 is 11.8 Å². The molecular formula is C19H32N6S. The molecule has 2 aliphatic carbocycles. The van der Waals surface area contributed by atoms with Gasteiger partial charge in [0.1, 0.15) is 5.82 Å².